The standard InChI is InChI=1S/C21H17ClN4O2/c1-12-5-4-7-14-18(12)25-20(28)21(14)9-17(27)24-19-15(21)10-23-26(19)11-13-6-2-3-8-16(13)22/h2-8,10H,9,11H2,1H3,(H,24,27)(H,25,28)/t21-/m0/s1. The Morgan fingerprint density at radius 2 is 1.93 bits per heavy atom. The summed E-state index contributed by atoms with van der Waals surface area (Å²) in [5.41, 5.74) is 3.12. The first-order valence-electron chi connectivity index (χ1n) is 9.02. The van der Waals surface area contributed by atoms with E-state index >= 15 is 0 Å². The van der Waals surface area contributed by atoms with E-state index < -0.39 is 5.41 Å². The fourth-order valence-electron chi connectivity index (χ4n) is 4.22. The van der Waals surface area contributed by atoms with Gasteiger partial charge in [-0.2, -0.15) is 5.10 Å². The maximum Gasteiger partial charge on any atom is 0.240 e. The first kappa shape index (κ1) is 17.0. The van der Waals surface area contributed by atoms with Crippen molar-refractivity contribution in [3.05, 3.63) is 75.9 Å². The molecule has 2 aliphatic heterocycles. The highest BCUT2D eigenvalue weighted by Gasteiger charge is 2.54. The Labute approximate surface area is 166 Å². The van der Waals surface area contributed by atoms with Crippen molar-refractivity contribution < 1.29 is 9.59 Å². The number of hydrogen-bond donors (Lipinski definition) is 2. The highest BCUT2D eigenvalue weighted by Crippen LogP contribution is 2.50. The molecule has 0 saturated heterocycles. The van der Waals surface area contributed by atoms with Crippen molar-refractivity contribution >= 4 is 34.9 Å². The summed E-state index contributed by atoms with van der Waals surface area (Å²) in [5, 5.41) is 11.0. The Bertz CT molecular complexity index is 1150. The monoisotopic (exact) mass is 392 g/mol. The lowest BCUT2D eigenvalue weighted by molar-refractivity contribution is -0.125. The summed E-state index contributed by atoms with van der Waals surface area (Å²) in [6.07, 6.45) is 1.74. The molecule has 140 valence electrons. The highest BCUT2D eigenvalue weighted by molar-refractivity contribution is 6.31. The van der Waals surface area contributed by atoms with E-state index in [0.717, 1.165) is 22.4 Å². The molecule has 1 atom stereocenters. The molecular formula is C21H17ClN4O2. The number of anilines is 2. The van der Waals surface area contributed by atoms with E-state index in [2.05, 4.69) is 15.7 Å². The molecule has 0 bridgehead atoms. The Balaban J connectivity index is 1.68. The van der Waals surface area contributed by atoms with Crippen molar-refractivity contribution in [2.45, 2.75) is 25.3 Å². The molecule has 3 aromatic rings. The number of aryl methyl sites for hydroxylation is 1. The molecule has 28 heavy (non-hydrogen) atoms. The van der Waals surface area contributed by atoms with Crippen LogP contribution in [0, 0.1) is 6.92 Å². The van der Waals surface area contributed by atoms with Gasteiger partial charge in [-0.1, -0.05) is 48.0 Å². The number of para-hydroxylation sites is 1. The third kappa shape index (κ3) is 2.24. The molecule has 0 aliphatic carbocycles. The molecule has 1 spiro atoms. The second-order valence-electron chi connectivity index (χ2n) is 7.24. The van der Waals surface area contributed by atoms with Gasteiger partial charge in [-0.15, -0.1) is 0 Å². The quantitative estimate of drug-likeness (QED) is 0.701. The smallest absolute Gasteiger partial charge is 0.240 e. The van der Waals surface area contributed by atoms with Crippen LogP contribution >= 0.6 is 11.6 Å². The van der Waals surface area contributed by atoms with Crippen molar-refractivity contribution in [2.24, 2.45) is 0 Å². The van der Waals surface area contributed by atoms with Crippen LogP contribution in [0.25, 0.3) is 0 Å². The maximum atomic E-state index is 13.1. The number of amides is 2. The number of carbonyl (C=O) groups is 2. The number of carbonyl (C=O) groups excluding carboxylic acids is 2. The molecule has 3 heterocycles. The topological polar surface area (TPSA) is 76.0 Å². The number of hydrogen-bond acceptors (Lipinski definition) is 3. The van der Waals surface area contributed by atoms with Crippen LogP contribution in [0.2, 0.25) is 5.02 Å². The van der Waals surface area contributed by atoms with Crippen molar-refractivity contribution in [1.82, 2.24) is 9.78 Å². The number of benzene rings is 2. The van der Waals surface area contributed by atoms with E-state index in [1.807, 2.05) is 49.4 Å². The van der Waals surface area contributed by atoms with Gasteiger partial charge < -0.3 is 10.6 Å². The molecule has 0 radical (unpaired) electrons. The number of fused-ring (bicyclic) bond motifs is 4. The molecule has 2 aliphatic rings. The van der Waals surface area contributed by atoms with E-state index in [9.17, 15) is 9.59 Å². The maximum absolute atomic E-state index is 13.1. The van der Waals surface area contributed by atoms with Crippen LogP contribution in [0.4, 0.5) is 11.5 Å². The highest BCUT2D eigenvalue weighted by atomic mass is 35.5. The lowest BCUT2D eigenvalue weighted by atomic mass is 9.71. The zero-order valence-electron chi connectivity index (χ0n) is 15.1. The van der Waals surface area contributed by atoms with E-state index in [4.69, 9.17) is 11.6 Å². The summed E-state index contributed by atoms with van der Waals surface area (Å²) in [6.45, 7) is 2.34. The third-order valence-corrected chi connectivity index (χ3v) is 5.99. The lowest BCUT2D eigenvalue weighted by Gasteiger charge is -2.31. The van der Waals surface area contributed by atoms with Gasteiger partial charge in [-0.05, 0) is 29.7 Å². The number of rotatable bonds is 2. The number of nitrogens with zero attached hydrogens (tertiary/aromatic N) is 2. The SMILES string of the molecule is Cc1cccc2c1NC(=O)[C@@]21CC(=O)Nc2c1cnn2Cc1ccccc1Cl. The van der Waals surface area contributed by atoms with Gasteiger partial charge in [0.2, 0.25) is 11.8 Å². The Kier molecular flexibility index (Phi) is 3.61. The second kappa shape index (κ2) is 5.94. The molecule has 0 fully saturated rings. The van der Waals surface area contributed by atoms with Gasteiger partial charge in [0.1, 0.15) is 11.2 Å². The molecule has 0 saturated carbocycles. The zero-order valence-corrected chi connectivity index (χ0v) is 15.9. The lowest BCUT2D eigenvalue weighted by Crippen LogP contribution is -2.43. The molecular weight excluding hydrogens is 376 g/mol. The molecule has 2 aromatic carbocycles. The summed E-state index contributed by atoms with van der Waals surface area (Å²) in [6, 6.07) is 13.3. The fraction of sp³-hybridized carbons (Fsp3) is 0.190. The Morgan fingerprint density at radius 3 is 2.75 bits per heavy atom. The van der Waals surface area contributed by atoms with E-state index in [1.165, 1.54) is 0 Å². The van der Waals surface area contributed by atoms with Crippen molar-refractivity contribution in [3.8, 4) is 0 Å². The van der Waals surface area contributed by atoms with Gasteiger partial charge in [0.05, 0.1) is 12.7 Å². The van der Waals surface area contributed by atoms with Crippen molar-refractivity contribution in [2.75, 3.05) is 10.6 Å². The van der Waals surface area contributed by atoms with E-state index in [1.54, 1.807) is 10.9 Å². The number of nitrogens with one attached hydrogen (secondary N) is 2. The van der Waals surface area contributed by atoms with Gasteiger partial charge in [0, 0.05) is 22.7 Å². The minimum Gasteiger partial charge on any atom is -0.324 e. The average molecular weight is 393 g/mol. The normalized spacial score (nSPS) is 19.9. The number of halogens is 1. The molecule has 6 nitrogen and oxygen atoms in total. The van der Waals surface area contributed by atoms with Gasteiger partial charge >= 0.3 is 0 Å². The average Bonchev–Trinajstić information content (AvgIpc) is 3.19. The molecule has 7 heteroatoms. The largest absolute Gasteiger partial charge is 0.324 e. The minimum absolute atomic E-state index is 0.0556. The van der Waals surface area contributed by atoms with Crippen LogP contribution < -0.4 is 10.6 Å². The van der Waals surface area contributed by atoms with E-state index in [0.29, 0.717) is 22.9 Å². The van der Waals surface area contributed by atoms with Crippen LogP contribution in [0.5, 0.6) is 0 Å². The van der Waals surface area contributed by atoms with Gasteiger partial charge in [-0.3, -0.25) is 9.59 Å². The van der Waals surface area contributed by atoms with Crippen LogP contribution in [0.15, 0.2) is 48.7 Å². The molecule has 2 N–H and O–H groups in total. The second-order valence-corrected chi connectivity index (χ2v) is 7.64. The van der Waals surface area contributed by atoms with Crippen LogP contribution in [0.3, 0.4) is 0 Å². The Hall–Kier alpha value is -3.12. The van der Waals surface area contributed by atoms with Crippen molar-refractivity contribution in [3.63, 3.8) is 0 Å². The first-order chi connectivity index (χ1) is 13.5. The Morgan fingerprint density at radius 1 is 1.11 bits per heavy atom. The van der Waals surface area contributed by atoms with E-state index in [-0.39, 0.29) is 18.2 Å². The van der Waals surface area contributed by atoms with Gasteiger partial charge in [0.15, 0.2) is 0 Å². The molecule has 5 rings (SSSR count). The third-order valence-electron chi connectivity index (χ3n) is 5.62. The summed E-state index contributed by atoms with van der Waals surface area (Å²) in [7, 11) is 0. The van der Waals surface area contributed by atoms with Crippen molar-refractivity contribution in [1.29, 1.82) is 0 Å². The zero-order chi connectivity index (χ0) is 19.5. The van der Waals surface area contributed by atoms with Crippen LogP contribution in [-0.4, -0.2) is 21.6 Å². The van der Waals surface area contributed by atoms with Gasteiger partial charge in [-0.25, -0.2) is 4.68 Å². The summed E-state index contributed by atoms with van der Waals surface area (Å²) in [4.78, 5) is 25.8. The van der Waals surface area contributed by atoms with Gasteiger partial charge in [0.25, 0.3) is 0 Å². The predicted molar refractivity (Wildman–Crippen MR) is 107 cm³/mol. The molecule has 0 unspecified atom stereocenters. The number of aromatic nitrogens is 2. The molecule has 2 amide bonds. The summed E-state index contributed by atoms with van der Waals surface area (Å²) in [5.74, 6) is 0.142. The summed E-state index contributed by atoms with van der Waals surface area (Å²) >= 11 is 6.29. The summed E-state index contributed by atoms with van der Waals surface area (Å²) < 4.78 is 1.69. The molecule has 1 aromatic heterocycles. The van der Waals surface area contributed by atoms with Crippen LogP contribution in [-0.2, 0) is 21.5 Å². The predicted octanol–water partition coefficient (Wildman–Crippen LogP) is 3.47. The van der Waals surface area contributed by atoms with Crippen LogP contribution in [0.1, 0.15) is 28.7 Å². The first-order valence-corrected chi connectivity index (χ1v) is 9.39. The minimum atomic E-state index is -1.06. The fourth-order valence-corrected chi connectivity index (χ4v) is 4.42.